The van der Waals surface area contributed by atoms with Gasteiger partial charge in [-0.05, 0) is 13.8 Å². The van der Waals surface area contributed by atoms with Crippen molar-refractivity contribution in [1.82, 2.24) is 0 Å². The summed E-state index contributed by atoms with van der Waals surface area (Å²) < 4.78 is 20.0. The molecule has 0 rings (SSSR count). The van der Waals surface area contributed by atoms with Gasteiger partial charge in [-0.25, -0.2) is 8.42 Å². The van der Waals surface area contributed by atoms with Crippen LogP contribution in [0, 0.1) is 0 Å². The van der Waals surface area contributed by atoms with Crippen LogP contribution in [0.3, 0.4) is 0 Å². The second-order valence-electron chi connectivity index (χ2n) is 1.80. The normalized spacial score (nSPS) is 14.0. The molecule has 0 saturated carbocycles. The molecule has 0 aromatic heterocycles. The number of halogens is 2. The minimum absolute atomic E-state index is 0.855. The smallest absolute Gasteiger partial charge is 0.211 e. The minimum atomic E-state index is -3.38. The summed E-state index contributed by atoms with van der Waals surface area (Å²) in [5, 5.41) is 0. The summed E-state index contributed by atoms with van der Waals surface area (Å²) in [4.78, 5) is 0. The molecule has 0 aliphatic heterocycles. The zero-order valence-electron chi connectivity index (χ0n) is 4.48. The fraction of sp³-hybridized carbons (Fsp3) is 1.00. The van der Waals surface area contributed by atoms with Crippen molar-refractivity contribution >= 4 is 42.3 Å². The summed E-state index contributed by atoms with van der Waals surface area (Å²) in [6.45, 7) is 3.08. The number of rotatable bonds is 1. The topological polar surface area (TPSA) is 34.1 Å². The highest BCUT2D eigenvalue weighted by atomic mass is 127. The van der Waals surface area contributed by atoms with Crippen LogP contribution in [0.4, 0.5) is 0 Å². The maximum absolute atomic E-state index is 10.4. The molecule has 50 valence electrons. The van der Waals surface area contributed by atoms with Crippen molar-refractivity contribution in [3.8, 4) is 0 Å². The second-order valence-corrected chi connectivity index (χ2v) is 8.35. The molecule has 5 heteroatoms. The summed E-state index contributed by atoms with van der Waals surface area (Å²) in [5.41, 5.74) is 0. The van der Waals surface area contributed by atoms with Gasteiger partial charge in [-0.15, -0.1) is 0 Å². The average molecular weight is 269 g/mol. The minimum Gasteiger partial charge on any atom is -0.211 e. The Bertz CT molecular complexity index is 166. The molecule has 8 heavy (non-hydrogen) atoms. The fourth-order valence-electron chi connectivity index (χ4n) is 0. The van der Waals surface area contributed by atoms with E-state index in [9.17, 15) is 8.42 Å². The van der Waals surface area contributed by atoms with E-state index in [4.69, 9.17) is 10.7 Å². The molecule has 0 aromatic rings. The Balaban J connectivity index is 4.53. The van der Waals surface area contributed by atoms with E-state index in [-0.39, 0.29) is 0 Å². The molecule has 0 radical (unpaired) electrons. The maximum atomic E-state index is 10.4. The van der Waals surface area contributed by atoms with Crippen molar-refractivity contribution in [2.75, 3.05) is 0 Å². The van der Waals surface area contributed by atoms with Crippen molar-refractivity contribution < 1.29 is 8.42 Å². The molecule has 0 atom stereocenters. The molecule has 0 saturated heterocycles. The van der Waals surface area contributed by atoms with Gasteiger partial charge >= 0.3 is 0 Å². The van der Waals surface area contributed by atoms with Gasteiger partial charge in [0.1, 0.15) is 2.75 Å². The van der Waals surface area contributed by atoms with Crippen LogP contribution in [0.25, 0.3) is 0 Å². The highest BCUT2D eigenvalue weighted by Crippen LogP contribution is 2.27. The van der Waals surface area contributed by atoms with Gasteiger partial charge in [0.2, 0.25) is 9.05 Å². The van der Waals surface area contributed by atoms with Crippen molar-refractivity contribution in [3.05, 3.63) is 0 Å². The molecule has 0 spiro atoms. The summed E-state index contributed by atoms with van der Waals surface area (Å²) in [6, 6.07) is 0. The first-order valence-corrected chi connectivity index (χ1v) is 5.27. The summed E-state index contributed by atoms with van der Waals surface area (Å²) >= 11 is 1.76. The van der Waals surface area contributed by atoms with E-state index in [0.717, 1.165) is 0 Å². The van der Waals surface area contributed by atoms with Crippen LogP contribution >= 0.6 is 33.3 Å². The van der Waals surface area contributed by atoms with Crippen molar-refractivity contribution in [2.45, 2.75) is 16.6 Å². The maximum Gasteiger partial charge on any atom is 0.246 e. The predicted molar refractivity (Wildman–Crippen MR) is 42.9 cm³/mol. The van der Waals surface area contributed by atoms with Crippen molar-refractivity contribution in [3.63, 3.8) is 0 Å². The van der Waals surface area contributed by atoms with E-state index in [1.54, 1.807) is 22.6 Å². The van der Waals surface area contributed by atoms with Gasteiger partial charge in [0.25, 0.3) is 0 Å². The lowest BCUT2D eigenvalue weighted by Crippen LogP contribution is -2.17. The largest absolute Gasteiger partial charge is 0.246 e. The average Bonchev–Trinajstić information content (AvgIpc) is 1.25. The lowest BCUT2D eigenvalue weighted by molar-refractivity contribution is 0.599. The first-order valence-electron chi connectivity index (χ1n) is 1.88. The van der Waals surface area contributed by atoms with Crippen LogP contribution in [-0.4, -0.2) is 11.2 Å². The van der Waals surface area contributed by atoms with Crippen LogP contribution in [0.5, 0.6) is 0 Å². The molecule has 0 N–H and O–H groups in total. The summed E-state index contributed by atoms with van der Waals surface area (Å²) in [6.07, 6.45) is 0. The van der Waals surface area contributed by atoms with Gasteiger partial charge in [-0.3, -0.25) is 0 Å². The Hall–Kier alpha value is 0.970. The van der Waals surface area contributed by atoms with E-state index in [0.29, 0.717) is 0 Å². The van der Waals surface area contributed by atoms with Crippen LogP contribution in [0.2, 0.25) is 0 Å². The Kier molecular flexibility index (Phi) is 2.58. The Morgan fingerprint density at radius 1 is 1.50 bits per heavy atom. The second kappa shape index (κ2) is 2.30. The van der Waals surface area contributed by atoms with Crippen LogP contribution in [-0.2, 0) is 9.05 Å². The SMILES string of the molecule is CC(C)(I)S(=O)(=O)Cl. The lowest BCUT2D eigenvalue weighted by atomic mass is 10.6. The molecular formula is C3H6ClIO2S. The molecular weight excluding hydrogens is 262 g/mol. The molecule has 0 heterocycles. The third-order valence-corrected chi connectivity index (χ3v) is 5.42. The monoisotopic (exact) mass is 268 g/mol. The molecule has 0 bridgehead atoms. The van der Waals surface area contributed by atoms with Gasteiger partial charge in [0, 0.05) is 10.7 Å². The van der Waals surface area contributed by atoms with E-state index in [1.165, 1.54) is 13.8 Å². The third-order valence-electron chi connectivity index (χ3n) is 0.580. The molecule has 0 amide bonds. The van der Waals surface area contributed by atoms with Gasteiger partial charge in [0.15, 0.2) is 0 Å². The molecule has 0 aliphatic carbocycles. The first-order chi connectivity index (χ1) is 3.25. The zero-order valence-corrected chi connectivity index (χ0v) is 8.21. The van der Waals surface area contributed by atoms with Crippen molar-refractivity contribution in [2.24, 2.45) is 0 Å². The molecule has 2 nitrogen and oxygen atoms in total. The standard InChI is InChI=1S/C3H6ClIO2S/c1-3(2,5)8(4,6)7/h1-2H3. The van der Waals surface area contributed by atoms with E-state index in [2.05, 4.69) is 0 Å². The Morgan fingerprint density at radius 3 is 1.62 bits per heavy atom. The fourth-order valence-corrected chi connectivity index (χ4v) is 0. The van der Waals surface area contributed by atoms with E-state index < -0.39 is 11.8 Å². The highest BCUT2D eigenvalue weighted by molar-refractivity contribution is 14.1. The lowest BCUT2D eigenvalue weighted by Gasteiger charge is -2.09. The third kappa shape index (κ3) is 2.50. The summed E-state index contributed by atoms with van der Waals surface area (Å²) in [5.74, 6) is 0. The first kappa shape index (κ1) is 8.97. The number of alkyl halides is 1. The van der Waals surface area contributed by atoms with Gasteiger partial charge < -0.3 is 0 Å². The van der Waals surface area contributed by atoms with Crippen LogP contribution < -0.4 is 0 Å². The van der Waals surface area contributed by atoms with Crippen LogP contribution in [0.15, 0.2) is 0 Å². The quantitative estimate of drug-likeness (QED) is 0.412. The van der Waals surface area contributed by atoms with E-state index >= 15 is 0 Å². The molecule has 0 aliphatic rings. The summed E-state index contributed by atoms with van der Waals surface area (Å²) in [7, 11) is 1.59. The Morgan fingerprint density at radius 2 is 1.62 bits per heavy atom. The molecule has 0 aromatic carbocycles. The Labute approximate surface area is 67.2 Å². The van der Waals surface area contributed by atoms with Gasteiger partial charge in [-0.1, -0.05) is 22.6 Å². The highest BCUT2D eigenvalue weighted by Gasteiger charge is 2.28. The van der Waals surface area contributed by atoms with Crippen molar-refractivity contribution in [1.29, 1.82) is 0 Å². The zero-order chi connectivity index (χ0) is 7.00. The number of hydrogen-bond acceptors (Lipinski definition) is 2. The molecule has 0 unspecified atom stereocenters. The number of hydrogen-bond donors (Lipinski definition) is 0. The molecule has 0 fully saturated rings. The van der Waals surface area contributed by atoms with Gasteiger partial charge in [-0.2, -0.15) is 0 Å². The van der Waals surface area contributed by atoms with Crippen LogP contribution in [0.1, 0.15) is 13.8 Å². The van der Waals surface area contributed by atoms with E-state index in [1.807, 2.05) is 0 Å². The van der Waals surface area contributed by atoms with Gasteiger partial charge in [0.05, 0.1) is 0 Å². The predicted octanol–water partition coefficient (Wildman–Crippen LogP) is 1.73.